The van der Waals surface area contributed by atoms with Gasteiger partial charge in [-0.05, 0) is 49.9 Å². The van der Waals surface area contributed by atoms with E-state index in [4.69, 9.17) is 5.73 Å². The van der Waals surface area contributed by atoms with Crippen molar-refractivity contribution in [2.75, 3.05) is 11.9 Å². The van der Waals surface area contributed by atoms with Gasteiger partial charge < -0.3 is 11.1 Å². The van der Waals surface area contributed by atoms with E-state index in [1.165, 1.54) is 47.0 Å². The molecule has 17 heavy (non-hydrogen) atoms. The van der Waals surface area contributed by atoms with E-state index in [0.717, 1.165) is 6.54 Å². The molecular formula is C14H21BrN2. The smallest absolute Gasteiger partial charge is 0.0495 e. The SMILES string of the molecule is Cc1cc(NC2(CN)CCCC2)cc(C)c1Br. The van der Waals surface area contributed by atoms with Crippen LogP contribution in [0.1, 0.15) is 36.8 Å². The van der Waals surface area contributed by atoms with E-state index in [-0.39, 0.29) is 5.54 Å². The molecule has 2 rings (SSSR count). The van der Waals surface area contributed by atoms with Crippen LogP contribution >= 0.6 is 15.9 Å². The lowest BCUT2D eigenvalue weighted by atomic mass is 9.97. The van der Waals surface area contributed by atoms with Crippen LogP contribution in [-0.4, -0.2) is 12.1 Å². The van der Waals surface area contributed by atoms with Crippen LogP contribution in [0.3, 0.4) is 0 Å². The van der Waals surface area contributed by atoms with Crippen molar-refractivity contribution in [3.8, 4) is 0 Å². The van der Waals surface area contributed by atoms with Gasteiger partial charge in [-0.25, -0.2) is 0 Å². The highest BCUT2D eigenvalue weighted by Gasteiger charge is 2.32. The van der Waals surface area contributed by atoms with Crippen molar-refractivity contribution >= 4 is 21.6 Å². The number of nitrogens with one attached hydrogen (secondary N) is 1. The third-order valence-electron chi connectivity index (χ3n) is 3.80. The molecule has 0 aromatic heterocycles. The average Bonchev–Trinajstić information content (AvgIpc) is 2.75. The van der Waals surface area contributed by atoms with Gasteiger partial charge in [0.15, 0.2) is 0 Å². The molecule has 1 aromatic rings. The van der Waals surface area contributed by atoms with Crippen molar-refractivity contribution in [1.29, 1.82) is 0 Å². The molecule has 0 spiro atoms. The van der Waals surface area contributed by atoms with Crippen LogP contribution in [0.5, 0.6) is 0 Å². The Bertz CT molecular complexity index is 386. The number of benzene rings is 1. The van der Waals surface area contributed by atoms with Crippen LogP contribution in [-0.2, 0) is 0 Å². The predicted octanol–water partition coefficient (Wildman–Crippen LogP) is 3.75. The number of anilines is 1. The lowest BCUT2D eigenvalue weighted by Crippen LogP contribution is -2.42. The van der Waals surface area contributed by atoms with E-state index in [9.17, 15) is 0 Å². The summed E-state index contributed by atoms with van der Waals surface area (Å²) in [5, 5.41) is 3.67. The lowest BCUT2D eigenvalue weighted by Gasteiger charge is -2.30. The second-order valence-electron chi connectivity index (χ2n) is 5.24. The Morgan fingerprint density at radius 1 is 1.24 bits per heavy atom. The molecule has 94 valence electrons. The molecule has 0 heterocycles. The van der Waals surface area contributed by atoms with Gasteiger partial charge in [-0.3, -0.25) is 0 Å². The van der Waals surface area contributed by atoms with Crippen LogP contribution in [0.4, 0.5) is 5.69 Å². The third-order valence-corrected chi connectivity index (χ3v) is 5.05. The summed E-state index contributed by atoms with van der Waals surface area (Å²) < 4.78 is 1.20. The van der Waals surface area contributed by atoms with Gasteiger partial charge >= 0.3 is 0 Å². The molecule has 0 bridgehead atoms. The Balaban J connectivity index is 2.23. The van der Waals surface area contributed by atoms with Gasteiger partial charge in [-0.2, -0.15) is 0 Å². The maximum Gasteiger partial charge on any atom is 0.0495 e. The highest BCUT2D eigenvalue weighted by atomic mass is 79.9. The first kappa shape index (κ1) is 12.9. The molecule has 2 nitrogen and oxygen atoms in total. The zero-order chi connectivity index (χ0) is 12.5. The number of halogens is 1. The monoisotopic (exact) mass is 296 g/mol. The number of rotatable bonds is 3. The van der Waals surface area contributed by atoms with Crippen molar-refractivity contribution in [3.05, 3.63) is 27.7 Å². The largest absolute Gasteiger partial charge is 0.378 e. The number of aryl methyl sites for hydroxylation is 2. The third kappa shape index (κ3) is 2.66. The molecule has 0 aliphatic heterocycles. The zero-order valence-electron chi connectivity index (χ0n) is 10.6. The average molecular weight is 297 g/mol. The quantitative estimate of drug-likeness (QED) is 0.891. The highest BCUT2D eigenvalue weighted by molar-refractivity contribution is 9.10. The minimum atomic E-state index is 0.132. The molecule has 1 aliphatic carbocycles. The van der Waals surface area contributed by atoms with E-state index in [2.05, 4.69) is 47.2 Å². The molecule has 1 saturated carbocycles. The Morgan fingerprint density at radius 2 is 1.76 bits per heavy atom. The fourth-order valence-corrected chi connectivity index (χ4v) is 2.99. The van der Waals surface area contributed by atoms with Gasteiger partial charge in [0.05, 0.1) is 0 Å². The molecule has 0 amide bonds. The van der Waals surface area contributed by atoms with Gasteiger partial charge in [-0.1, -0.05) is 28.8 Å². The summed E-state index contributed by atoms with van der Waals surface area (Å²) in [4.78, 5) is 0. The first-order chi connectivity index (χ1) is 8.06. The summed E-state index contributed by atoms with van der Waals surface area (Å²) in [5.74, 6) is 0. The van der Waals surface area contributed by atoms with Crippen molar-refractivity contribution in [2.45, 2.75) is 45.1 Å². The van der Waals surface area contributed by atoms with Crippen molar-refractivity contribution in [1.82, 2.24) is 0 Å². The zero-order valence-corrected chi connectivity index (χ0v) is 12.2. The van der Waals surface area contributed by atoms with E-state index >= 15 is 0 Å². The molecule has 0 atom stereocenters. The summed E-state index contributed by atoms with van der Waals surface area (Å²) in [7, 11) is 0. The maximum atomic E-state index is 5.95. The highest BCUT2D eigenvalue weighted by Crippen LogP contribution is 2.34. The Morgan fingerprint density at radius 3 is 2.24 bits per heavy atom. The Kier molecular flexibility index (Phi) is 3.79. The molecule has 3 N–H and O–H groups in total. The van der Waals surface area contributed by atoms with Gasteiger partial charge in [-0.15, -0.1) is 0 Å². The standard InChI is InChI=1S/C14H21BrN2/c1-10-7-12(8-11(2)13(10)15)17-14(9-16)5-3-4-6-14/h7-8,17H,3-6,9,16H2,1-2H3. The molecule has 1 aromatic carbocycles. The van der Waals surface area contributed by atoms with Gasteiger partial charge in [0, 0.05) is 22.2 Å². The number of hydrogen-bond acceptors (Lipinski definition) is 2. The minimum Gasteiger partial charge on any atom is -0.378 e. The molecular weight excluding hydrogens is 276 g/mol. The van der Waals surface area contributed by atoms with Crippen molar-refractivity contribution in [3.63, 3.8) is 0 Å². The summed E-state index contributed by atoms with van der Waals surface area (Å²) in [6.07, 6.45) is 4.96. The molecule has 3 heteroatoms. The van der Waals surface area contributed by atoms with E-state index in [1.54, 1.807) is 0 Å². The lowest BCUT2D eigenvalue weighted by molar-refractivity contribution is 0.493. The minimum absolute atomic E-state index is 0.132. The van der Waals surface area contributed by atoms with Gasteiger partial charge in [0.1, 0.15) is 0 Å². The second kappa shape index (κ2) is 4.99. The fourth-order valence-electron chi connectivity index (χ4n) is 2.76. The number of hydrogen-bond donors (Lipinski definition) is 2. The summed E-state index contributed by atoms with van der Waals surface area (Å²) in [6.45, 7) is 4.99. The van der Waals surface area contributed by atoms with E-state index < -0.39 is 0 Å². The van der Waals surface area contributed by atoms with E-state index in [0.29, 0.717) is 0 Å². The first-order valence-electron chi connectivity index (χ1n) is 6.31. The van der Waals surface area contributed by atoms with Crippen LogP contribution in [0.2, 0.25) is 0 Å². The maximum absolute atomic E-state index is 5.95. The Labute approximate surface area is 112 Å². The number of nitrogens with two attached hydrogens (primary N) is 1. The predicted molar refractivity (Wildman–Crippen MR) is 77.5 cm³/mol. The van der Waals surface area contributed by atoms with Crippen molar-refractivity contribution in [2.24, 2.45) is 5.73 Å². The summed E-state index contributed by atoms with van der Waals surface area (Å²) in [5.41, 5.74) is 9.84. The topological polar surface area (TPSA) is 38.0 Å². The molecule has 0 unspecified atom stereocenters. The molecule has 1 aliphatic rings. The summed E-state index contributed by atoms with van der Waals surface area (Å²) >= 11 is 3.60. The van der Waals surface area contributed by atoms with Crippen molar-refractivity contribution < 1.29 is 0 Å². The van der Waals surface area contributed by atoms with Crippen LogP contribution in [0.15, 0.2) is 16.6 Å². The second-order valence-corrected chi connectivity index (χ2v) is 6.03. The van der Waals surface area contributed by atoms with Crippen LogP contribution in [0.25, 0.3) is 0 Å². The first-order valence-corrected chi connectivity index (χ1v) is 7.11. The van der Waals surface area contributed by atoms with Gasteiger partial charge in [0.25, 0.3) is 0 Å². The normalized spacial score (nSPS) is 18.4. The Hall–Kier alpha value is -0.540. The van der Waals surface area contributed by atoms with Gasteiger partial charge in [0.2, 0.25) is 0 Å². The van der Waals surface area contributed by atoms with E-state index in [1.807, 2.05) is 0 Å². The fraction of sp³-hybridized carbons (Fsp3) is 0.571. The molecule has 0 saturated heterocycles. The van der Waals surface area contributed by atoms with Crippen LogP contribution in [0, 0.1) is 13.8 Å². The van der Waals surface area contributed by atoms with Crippen LogP contribution < -0.4 is 11.1 Å². The summed E-state index contributed by atoms with van der Waals surface area (Å²) in [6, 6.07) is 4.40. The molecule has 0 radical (unpaired) electrons. The molecule has 1 fully saturated rings.